The number of ether oxygens (including phenoxy) is 1. The highest BCUT2D eigenvalue weighted by Gasteiger charge is 2.32. The number of hydrogen-bond acceptors (Lipinski definition) is 4. The number of likely N-dealkylation sites (tertiary alicyclic amines) is 1. The SMILES string of the molecule is CO[C@@H]1CCN(C(=O)[C@H]2CSCN2)C1. The predicted molar refractivity (Wildman–Crippen MR) is 56.2 cm³/mol. The quantitative estimate of drug-likeness (QED) is 0.699. The second kappa shape index (κ2) is 4.51. The van der Waals surface area contributed by atoms with E-state index in [-0.39, 0.29) is 18.1 Å². The molecule has 2 aliphatic rings. The molecule has 0 spiro atoms. The van der Waals surface area contributed by atoms with E-state index in [0.29, 0.717) is 0 Å². The maximum Gasteiger partial charge on any atom is 0.240 e. The third-order valence-electron chi connectivity index (χ3n) is 2.80. The average molecular weight is 216 g/mol. The number of nitrogens with one attached hydrogen (secondary N) is 1. The standard InChI is InChI=1S/C9H16N2O2S/c1-13-7-2-3-11(4-7)9(12)8-5-14-6-10-8/h7-8,10H,2-6H2,1H3/t7-,8-/m1/s1. The van der Waals surface area contributed by atoms with E-state index in [0.717, 1.165) is 31.1 Å². The van der Waals surface area contributed by atoms with Gasteiger partial charge in [0.1, 0.15) is 0 Å². The lowest BCUT2D eigenvalue weighted by atomic mass is 10.3. The molecule has 1 amide bonds. The maximum atomic E-state index is 11.9. The Bertz CT molecular complexity index is 219. The second-order valence-electron chi connectivity index (χ2n) is 3.70. The summed E-state index contributed by atoms with van der Waals surface area (Å²) in [6, 6.07) is 0.0376. The van der Waals surface area contributed by atoms with Gasteiger partial charge in [0, 0.05) is 31.8 Å². The minimum Gasteiger partial charge on any atom is -0.380 e. The summed E-state index contributed by atoms with van der Waals surface area (Å²) in [5.41, 5.74) is 0. The van der Waals surface area contributed by atoms with E-state index >= 15 is 0 Å². The molecule has 2 aliphatic heterocycles. The van der Waals surface area contributed by atoms with Crippen LogP contribution in [0.4, 0.5) is 0 Å². The molecular weight excluding hydrogens is 200 g/mol. The van der Waals surface area contributed by atoms with Crippen LogP contribution in [-0.2, 0) is 9.53 Å². The van der Waals surface area contributed by atoms with Crippen LogP contribution in [-0.4, -0.2) is 54.8 Å². The number of methoxy groups -OCH3 is 1. The summed E-state index contributed by atoms with van der Waals surface area (Å²) in [5.74, 6) is 2.06. The first-order chi connectivity index (χ1) is 6.81. The van der Waals surface area contributed by atoms with Gasteiger partial charge in [0.2, 0.25) is 5.91 Å². The monoisotopic (exact) mass is 216 g/mol. The zero-order chi connectivity index (χ0) is 9.97. The molecule has 2 saturated heterocycles. The normalized spacial score (nSPS) is 32.5. The predicted octanol–water partition coefficient (Wildman–Crippen LogP) is -0.104. The van der Waals surface area contributed by atoms with Gasteiger partial charge in [-0.25, -0.2) is 0 Å². The molecule has 0 aromatic carbocycles. The molecule has 0 radical (unpaired) electrons. The molecule has 80 valence electrons. The first-order valence-corrected chi connectivity index (χ1v) is 6.09. The maximum absolute atomic E-state index is 11.9. The Labute approximate surface area is 88.4 Å². The smallest absolute Gasteiger partial charge is 0.240 e. The Morgan fingerprint density at radius 3 is 3.07 bits per heavy atom. The van der Waals surface area contributed by atoms with Crippen molar-refractivity contribution in [1.82, 2.24) is 10.2 Å². The van der Waals surface area contributed by atoms with E-state index in [1.165, 1.54) is 0 Å². The van der Waals surface area contributed by atoms with E-state index in [9.17, 15) is 4.79 Å². The average Bonchev–Trinajstić information content (AvgIpc) is 2.88. The summed E-state index contributed by atoms with van der Waals surface area (Å²) >= 11 is 1.79. The van der Waals surface area contributed by atoms with Crippen LogP contribution in [0.15, 0.2) is 0 Å². The van der Waals surface area contributed by atoms with Crippen LogP contribution in [0.3, 0.4) is 0 Å². The molecule has 4 nitrogen and oxygen atoms in total. The number of carbonyl (C=O) groups excluding carboxylic acids is 1. The minimum absolute atomic E-state index is 0.0376. The van der Waals surface area contributed by atoms with Crippen LogP contribution >= 0.6 is 11.8 Å². The molecule has 0 bridgehead atoms. The summed E-state index contributed by atoms with van der Waals surface area (Å²) < 4.78 is 5.23. The van der Waals surface area contributed by atoms with Crippen molar-refractivity contribution in [3.8, 4) is 0 Å². The molecule has 5 heteroatoms. The number of hydrogen-bond donors (Lipinski definition) is 1. The number of nitrogens with zero attached hydrogens (tertiary/aromatic N) is 1. The van der Waals surface area contributed by atoms with Crippen molar-refractivity contribution in [2.45, 2.75) is 18.6 Å². The number of carbonyl (C=O) groups is 1. The van der Waals surface area contributed by atoms with Gasteiger partial charge in [-0.2, -0.15) is 0 Å². The van der Waals surface area contributed by atoms with Crippen molar-refractivity contribution in [2.24, 2.45) is 0 Å². The van der Waals surface area contributed by atoms with Crippen LogP contribution in [0.25, 0.3) is 0 Å². The number of rotatable bonds is 2. The van der Waals surface area contributed by atoms with Crippen LogP contribution in [0, 0.1) is 0 Å². The molecular formula is C9H16N2O2S. The Hall–Kier alpha value is -0.260. The highest BCUT2D eigenvalue weighted by atomic mass is 32.2. The van der Waals surface area contributed by atoms with Gasteiger partial charge in [-0.1, -0.05) is 0 Å². The zero-order valence-corrected chi connectivity index (χ0v) is 9.18. The second-order valence-corrected chi connectivity index (χ2v) is 4.73. The van der Waals surface area contributed by atoms with Gasteiger partial charge in [-0.05, 0) is 6.42 Å². The lowest BCUT2D eigenvalue weighted by Crippen LogP contribution is -2.44. The minimum atomic E-state index is 0.0376. The first kappa shape index (κ1) is 10.3. The van der Waals surface area contributed by atoms with Gasteiger partial charge in [0.15, 0.2) is 0 Å². The Morgan fingerprint density at radius 1 is 1.64 bits per heavy atom. The molecule has 0 aromatic heterocycles. The summed E-state index contributed by atoms with van der Waals surface area (Å²) in [6.45, 7) is 1.61. The Morgan fingerprint density at radius 2 is 2.50 bits per heavy atom. The van der Waals surface area contributed by atoms with Gasteiger partial charge in [-0.15, -0.1) is 11.8 Å². The molecule has 0 saturated carbocycles. The fraction of sp³-hybridized carbons (Fsp3) is 0.889. The Balaban J connectivity index is 1.86. The largest absolute Gasteiger partial charge is 0.380 e. The van der Waals surface area contributed by atoms with Gasteiger partial charge < -0.3 is 9.64 Å². The highest BCUT2D eigenvalue weighted by molar-refractivity contribution is 7.99. The topological polar surface area (TPSA) is 41.6 Å². The lowest BCUT2D eigenvalue weighted by molar-refractivity contribution is -0.132. The van der Waals surface area contributed by atoms with E-state index in [2.05, 4.69) is 5.32 Å². The van der Waals surface area contributed by atoms with Crippen molar-refractivity contribution in [1.29, 1.82) is 0 Å². The summed E-state index contributed by atoms with van der Waals surface area (Å²) in [5, 5.41) is 3.20. The fourth-order valence-electron chi connectivity index (χ4n) is 1.89. The molecule has 0 unspecified atom stereocenters. The molecule has 2 fully saturated rings. The molecule has 14 heavy (non-hydrogen) atoms. The van der Waals surface area contributed by atoms with Crippen LogP contribution in [0.5, 0.6) is 0 Å². The van der Waals surface area contributed by atoms with Gasteiger partial charge >= 0.3 is 0 Å². The van der Waals surface area contributed by atoms with E-state index in [4.69, 9.17) is 4.74 Å². The van der Waals surface area contributed by atoms with Crippen molar-refractivity contribution in [3.05, 3.63) is 0 Å². The first-order valence-electron chi connectivity index (χ1n) is 4.94. The molecule has 2 heterocycles. The summed E-state index contributed by atoms with van der Waals surface area (Å²) in [6.07, 6.45) is 1.22. The summed E-state index contributed by atoms with van der Waals surface area (Å²) in [7, 11) is 1.71. The highest BCUT2D eigenvalue weighted by Crippen LogP contribution is 2.17. The third-order valence-corrected chi connectivity index (χ3v) is 3.74. The third kappa shape index (κ3) is 2.04. The zero-order valence-electron chi connectivity index (χ0n) is 8.36. The van der Waals surface area contributed by atoms with Crippen LogP contribution in [0.1, 0.15) is 6.42 Å². The van der Waals surface area contributed by atoms with E-state index in [1.807, 2.05) is 4.90 Å². The molecule has 0 aromatic rings. The lowest BCUT2D eigenvalue weighted by Gasteiger charge is -2.19. The fourth-order valence-corrected chi connectivity index (χ4v) is 2.83. The van der Waals surface area contributed by atoms with E-state index < -0.39 is 0 Å². The Kier molecular flexibility index (Phi) is 3.30. The van der Waals surface area contributed by atoms with Gasteiger partial charge in [-0.3, -0.25) is 10.1 Å². The number of thioether (sulfide) groups is 1. The number of amides is 1. The van der Waals surface area contributed by atoms with Crippen LogP contribution in [0.2, 0.25) is 0 Å². The summed E-state index contributed by atoms with van der Waals surface area (Å²) in [4.78, 5) is 13.8. The van der Waals surface area contributed by atoms with Gasteiger partial charge in [0.25, 0.3) is 0 Å². The van der Waals surface area contributed by atoms with Crippen LogP contribution < -0.4 is 5.32 Å². The van der Waals surface area contributed by atoms with E-state index in [1.54, 1.807) is 18.9 Å². The van der Waals surface area contributed by atoms with Crippen molar-refractivity contribution in [2.75, 3.05) is 31.8 Å². The van der Waals surface area contributed by atoms with Crippen molar-refractivity contribution >= 4 is 17.7 Å². The molecule has 2 rings (SSSR count). The molecule has 2 atom stereocenters. The molecule has 1 N–H and O–H groups in total. The van der Waals surface area contributed by atoms with Gasteiger partial charge in [0.05, 0.1) is 12.1 Å². The van der Waals surface area contributed by atoms with Crippen molar-refractivity contribution in [3.63, 3.8) is 0 Å². The van der Waals surface area contributed by atoms with Crippen molar-refractivity contribution < 1.29 is 9.53 Å². The molecule has 0 aliphatic carbocycles.